The summed E-state index contributed by atoms with van der Waals surface area (Å²) in [4.78, 5) is 0.302. The zero-order chi connectivity index (χ0) is 15.1. The molecule has 1 aromatic carbocycles. The van der Waals surface area contributed by atoms with Crippen LogP contribution >= 0.6 is 0 Å². The van der Waals surface area contributed by atoms with Crippen LogP contribution in [0, 0.1) is 0 Å². The summed E-state index contributed by atoms with van der Waals surface area (Å²) in [6, 6.07) is 6.99. The molecular weight excluding hydrogens is 288 g/mol. The molecule has 21 heavy (non-hydrogen) atoms. The second kappa shape index (κ2) is 7.77. The first kappa shape index (κ1) is 16.3. The molecule has 0 saturated carbocycles. The van der Waals surface area contributed by atoms with Crippen molar-refractivity contribution in [2.75, 3.05) is 25.0 Å². The Morgan fingerprint density at radius 1 is 1.29 bits per heavy atom. The van der Waals surface area contributed by atoms with Crippen LogP contribution < -0.4 is 10.0 Å². The predicted molar refractivity (Wildman–Crippen MR) is 84.0 cm³/mol. The zero-order valence-electron chi connectivity index (χ0n) is 12.5. The van der Waals surface area contributed by atoms with Crippen LogP contribution in [-0.2, 0) is 14.8 Å². The molecule has 1 unspecified atom stereocenters. The molecule has 0 aromatic heterocycles. The molecule has 1 fully saturated rings. The van der Waals surface area contributed by atoms with Gasteiger partial charge in [0, 0.05) is 19.7 Å². The van der Waals surface area contributed by atoms with Gasteiger partial charge in [-0.25, -0.2) is 13.1 Å². The first-order valence-electron chi connectivity index (χ1n) is 7.57. The third kappa shape index (κ3) is 4.69. The van der Waals surface area contributed by atoms with Crippen LogP contribution in [0.3, 0.4) is 0 Å². The van der Waals surface area contributed by atoms with E-state index in [4.69, 9.17) is 4.74 Å². The molecule has 0 radical (unpaired) electrons. The van der Waals surface area contributed by atoms with Crippen LogP contribution in [0.2, 0.25) is 0 Å². The van der Waals surface area contributed by atoms with Gasteiger partial charge in [0.25, 0.3) is 0 Å². The number of anilines is 1. The molecule has 2 rings (SSSR count). The van der Waals surface area contributed by atoms with E-state index in [0.29, 0.717) is 29.8 Å². The van der Waals surface area contributed by atoms with E-state index in [1.54, 1.807) is 25.1 Å². The fourth-order valence-electron chi connectivity index (χ4n) is 2.52. The molecule has 1 atom stereocenters. The van der Waals surface area contributed by atoms with Crippen molar-refractivity contribution in [3.8, 4) is 0 Å². The average molecular weight is 312 g/mol. The molecule has 1 aromatic rings. The second-order valence-corrected chi connectivity index (χ2v) is 6.94. The first-order valence-corrected chi connectivity index (χ1v) is 9.06. The van der Waals surface area contributed by atoms with Crippen LogP contribution in [0.4, 0.5) is 5.69 Å². The van der Waals surface area contributed by atoms with Gasteiger partial charge >= 0.3 is 0 Å². The fourth-order valence-corrected chi connectivity index (χ4v) is 3.74. The van der Waals surface area contributed by atoms with Crippen molar-refractivity contribution < 1.29 is 13.2 Å². The Bertz CT molecular complexity index is 540. The maximum Gasteiger partial charge on any atom is 0.242 e. The van der Waals surface area contributed by atoms with Crippen molar-refractivity contribution in [1.82, 2.24) is 4.72 Å². The van der Waals surface area contributed by atoms with E-state index in [1.807, 2.05) is 6.07 Å². The van der Waals surface area contributed by atoms with E-state index in [9.17, 15) is 8.42 Å². The molecule has 0 bridgehead atoms. The summed E-state index contributed by atoms with van der Waals surface area (Å²) in [7, 11) is -3.44. The molecular formula is C15H24N2O3S. The Morgan fingerprint density at radius 2 is 2.10 bits per heavy atom. The summed E-state index contributed by atoms with van der Waals surface area (Å²) in [6.45, 7) is 3.71. The highest BCUT2D eigenvalue weighted by molar-refractivity contribution is 7.89. The lowest BCUT2D eigenvalue weighted by molar-refractivity contribution is 0.0134. The highest BCUT2D eigenvalue weighted by atomic mass is 32.2. The van der Waals surface area contributed by atoms with E-state index >= 15 is 0 Å². The lowest BCUT2D eigenvalue weighted by atomic mass is 10.1. The molecule has 1 saturated heterocycles. The maximum atomic E-state index is 12.1. The van der Waals surface area contributed by atoms with E-state index < -0.39 is 10.0 Å². The summed E-state index contributed by atoms with van der Waals surface area (Å²) in [5, 5.41) is 3.23. The van der Waals surface area contributed by atoms with Crippen molar-refractivity contribution >= 4 is 15.7 Å². The highest BCUT2D eigenvalue weighted by Gasteiger charge is 2.17. The molecule has 1 aliphatic rings. The summed E-state index contributed by atoms with van der Waals surface area (Å²) >= 11 is 0. The molecule has 0 amide bonds. The lowest BCUT2D eigenvalue weighted by Crippen LogP contribution is -2.25. The first-order chi connectivity index (χ1) is 10.1. The molecule has 1 heterocycles. The molecule has 2 N–H and O–H groups in total. The number of nitrogens with one attached hydrogen (secondary N) is 2. The Labute approximate surface area is 127 Å². The van der Waals surface area contributed by atoms with Gasteiger partial charge in [-0.15, -0.1) is 0 Å². The second-order valence-electron chi connectivity index (χ2n) is 5.20. The van der Waals surface area contributed by atoms with Gasteiger partial charge in [0.05, 0.1) is 11.8 Å². The summed E-state index contributed by atoms with van der Waals surface area (Å²) in [5.74, 6) is 0. The van der Waals surface area contributed by atoms with Gasteiger partial charge in [0.2, 0.25) is 10.0 Å². The lowest BCUT2D eigenvalue weighted by Gasteiger charge is -2.23. The Morgan fingerprint density at radius 3 is 2.81 bits per heavy atom. The number of para-hydroxylation sites is 1. The molecule has 0 aliphatic carbocycles. The Hall–Kier alpha value is -1.11. The van der Waals surface area contributed by atoms with Gasteiger partial charge in [-0.1, -0.05) is 19.1 Å². The van der Waals surface area contributed by atoms with Crippen molar-refractivity contribution in [3.63, 3.8) is 0 Å². The molecule has 6 heteroatoms. The van der Waals surface area contributed by atoms with E-state index in [2.05, 4.69) is 10.0 Å². The maximum absolute atomic E-state index is 12.1. The number of sulfonamides is 1. The van der Waals surface area contributed by atoms with Crippen molar-refractivity contribution in [2.45, 2.75) is 43.6 Å². The molecule has 118 valence electrons. The predicted octanol–water partition coefficient (Wildman–Crippen LogP) is 2.36. The van der Waals surface area contributed by atoms with Crippen molar-refractivity contribution in [3.05, 3.63) is 24.3 Å². The smallest absolute Gasteiger partial charge is 0.242 e. The minimum absolute atomic E-state index is 0.295. The molecule has 1 aliphatic heterocycles. The standard InChI is InChI=1S/C15H24N2O3S/c1-2-17-21(18,19)15-9-4-3-8-14(15)16-11-10-13-7-5-6-12-20-13/h3-4,8-9,13,16-17H,2,5-7,10-12H2,1H3. The van der Waals surface area contributed by atoms with Gasteiger partial charge in [-0.05, 0) is 37.8 Å². The van der Waals surface area contributed by atoms with Crippen LogP contribution in [-0.4, -0.2) is 34.2 Å². The van der Waals surface area contributed by atoms with Crippen LogP contribution in [0.5, 0.6) is 0 Å². The van der Waals surface area contributed by atoms with Crippen molar-refractivity contribution in [1.29, 1.82) is 0 Å². The van der Waals surface area contributed by atoms with Crippen LogP contribution in [0.15, 0.2) is 29.2 Å². The SMILES string of the molecule is CCNS(=O)(=O)c1ccccc1NCCC1CCCCO1. The monoisotopic (exact) mass is 312 g/mol. The van der Waals surface area contributed by atoms with E-state index in [0.717, 1.165) is 25.9 Å². The number of rotatable bonds is 7. The third-order valence-electron chi connectivity index (χ3n) is 3.57. The Balaban J connectivity index is 1.96. The quantitative estimate of drug-likeness (QED) is 0.811. The topological polar surface area (TPSA) is 67.4 Å². The number of hydrogen-bond acceptors (Lipinski definition) is 4. The summed E-state index contributed by atoms with van der Waals surface area (Å²) < 4.78 is 32.5. The summed E-state index contributed by atoms with van der Waals surface area (Å²) in [6.07, 6.45) is 4.65. The number of hydrogen-bond donors (Lipinski definition) is 2. The van der Waals surface area contributed by atoms with E-state index in [1.165, 1.54) is 6.42 Å². The molecule has 5 nitrogen and oxygen atoms in total. The number of benzene rings is 1. The van der Waals surface area contributed by atoms with Gasteiger partial charge in [-0.2, -0.15) is 0 Å². The highest BCUT2D eigenvalue weighted by Crippen LogP contribution is 2.21. The van der Waals surface area contributed by atoms with Gasteiger partial charge in [-0.3, -0.25) is 0 Å². The molecule has 0 spiro atoms. The van der Waals surface area contributed by atoms with Crippen LogP contribution in [0.25, 0.3) is 0 Å². The normalized spacial score (nSPS) is 19.4. The van der Waals surface area contributed by atoms with Crippen LogP contribution in [0.1, 0.15) is 32.6 Å². The van der Waals surface area contributed by atoms with E-state index in [-0.39, 0.29) is 0 Å². The minimum Gasteiger partial charge on any atom is -0.384 e. The minimum atomic E-state index is -3.44. The third-order valence-corrected chi connectivity index (χ3v) is 5.17. The van der Waals surface area contributed by atoms with Gasteiger partial charge in [0.15, 0.2) is 0 Å². The van der Waals surface area contributed by atoms with Gasteiger partial charge < -0.3 is 10.1 Å². The van der Waals surface area contributed by atoms with Gasteiger partial charge in [0.1, 0.15) is 4.90 Å². The summed E-state index contributed by atoms with van der Waals surface area (Å²) in [5.41, 5.74) is 0.647. The van der Waals surface area contributed by atoms with Crippen molar-refractivity contribution in [2.24, 2.45) is 0 Å². The zero-order valence-corrected chi connectivity index (χ0v) is 13.3. The average Bonchev–Trinajstić information content (AvgIpc) is 2.49. The Kier molecular flexibility index (Phi) is 6.02. The fraction of sp³-hybridized carbons (Fsp3) is 0.600. The largest absolute Gasteiger partial charge is 0.384 e. The number of ether oxygens (including phenoxy) is 1.